The molecule has 1 heterocycles. The molecular formula is C26H28N4O5. The van der Waals surface area contributed by atoms with E-state index in [-0.39, 0.29) is 36.2 Å². The number of carboxylic acid groups (broad SMARTS) is 1. The van der Waals surface area contributed by atoms with E-state index >= 15 is 0 Å². The van der Waals surface area contributed by atoms with E-state index in [0.717, 1.165) is 22.3 Å². The lowest BCUT2D eigenvalue weighted by Gasteiger charge is -2.16. The molecule has 3 N–H and O–H groups in total. The van der Waals surface area contributed by atoms with E-state index in [9.17, 15) is 19.5 Å². The normalized spacial score (nSPS) is 13.1. The van der Waals surface area contributed by atoms with Crippen LogP contribution in [0.3, 0.4) is 0 Å². The lowest BCUT2D eigenvalue weighted by atomic mass is 9.98. The van der Waals surface area contributed by atoms with Gasteiger partial charge in [0.05, 0.1) is 5.69 Å². The SMILES string of the molecule is CC(C)CC(NC(=O)c1nn(C)cc1NC(=O)OCC1c2ccccc2-c2ccccc21)C(=O)O. The van der Waals surface area contributed by atoms with E-state index in [2.05, 4.69) is 27.9 Å². The Morgan fingerprint density at radius 3 is 2.23 bits per heavy atom. The second-order valence-electron chi connectivity index (χ2n) is 9.01. The fourth-order valence-corrected chi connectivity index (χ4v) is 4.41. The highest BCUT2D eigenvalue weighted by Crippen LogP contribution is 2.44. The molecule has 4 rings (SSSR count). The van der Waals surface area contributed by atoms with Gasteiger partial charge in [-0.15, -0.1) is 0 Å². The molecule has 9 heteroatoms. The van der Waals surface area contributed by atoms with E-state index in [4.69, 9.17) is 4.74 Å². The van der Waals surface area contributed by atoms with Crippen LogP contribution >= 0.6 is 0 Å². The molecule has 0 radical (unpaired) electrons. The van der Waals surface area contributed by atoms with E-state index in [1.54, 1.807) is 7.05 Å². The van der Waals surface area contributed by atoms with Crippen LogP contribution in [0, 0.1) is 5.92 Å². The molecule has 0 aliphatic heterocycles. The third-order valence-electron chi connectivity index (χ3n) is 5.93. The van der Waals surface area contributed by atoms with Gasteiger partial charge in [0.1, 0.15) is 12.6 Å². The van der Waals surface area contributed by atoms with Crippen molar-refractivity contribution in [3.05, 3.63) is 71.5 Å². The van der Waals surface area contributed by atoms with Gasteiger partial charge in [0.2, 0.25) is 0 Å². The molecular weight excluding hydrogens is 448 g/mol. The third-order valence-corrected chi connectivity index (χ3v) is 5.93. The lowest BCUT2D eigenvalue weighted by molar-refractivity contribution is -0.139. The fraction of sp³-hybridized carbons (Fsp3) is 0.308. The molecule has 1 aliphatic rings. The number of carboxylic acids is 1. The van der Waals surface area contributed by atoms with Crippen molar-refractivity contribution in [2.24, 2.45) is 13.0 Å². The minimum Gasteiger partial charge on any atom is -0.480 e. The highest BCUT2D eigenvalue weighted by Gasteiger charge is 2.30. The molecule has 2 aromatic carbocycles. The first-order valence-electron chi connectivity index (χ1n) is 11.4. The van der Waals surface area contributed by atoms with Crippen molar-refractivity contribution in [1.82, 2.24) is 15.1 Å². The smallest absolute Gasteiger partial charge is 0.411 e. The number of carbonyl (C=O) groups excluding carboxylic acids is 2. The van der Waals surface area contributed by atoms with Crippen LogP contribution in [0.4, 0.5) is 10.5 Å². The van der Waals surface area contributed by atoms with Crippen LogP contribution < -0.4 is 10.6 Å². The zero-order valence-corrected chi connectivity index (χ0v) is 19.8. The first kappa shape index (κ1) is 24.0. The van der Waals surface area contributed by atoms with Gasteiger partial charge in [-0.05, 0) is 34.6 Å². The van der Waals surface area contributed by atoms with E-state index < -0.39 is 24.0 Å². The number of aliphatic carboxylic acids is 1. The molecule has 0 fully saturated rings. The Morgan fingerprint density at radius 2 is 1.66 bits per heavy atom. The Labute approximate surface area is 203 Å². The number of aromatic nitrogens is 2. The first-order chi connectivity index (χ1) is 16.7. The van der Waals surface area contributed by atoms with Crippen molar-refractivity contribution >= 4 is 23.7 Å². The maximum atomic E-state index is 12.8. The van der Waals surface area contributed by atoms with Gasteiger partial charge in [-0.2, -0.15) is 5.10 Å². The molecule has 0 spiro atoms. The zero-order valence-electron chi connectivity index (χ0n) is 19.8. The van der Waals surface area contributed by atoms with Crippen molar-refractivity contribution in [3.8, 4) is 11.1 Å². The number of benzene rings is 2. The van der Waals surface area contributed by atoms with Crippen molar-refractivity contribution < 1.29 is 24.2 Å². The van der Waals surface area contributed by atoms with Gasteiger partial charge in [-0.3, -0.25) is 14.8 Å². The van der Waals surface area contributed by atoms with Crippen LogP contribution in [0.5, 0.6) is 0 Å². The molecule has 1 aromatic heterocycles. The number of nitrogens with one attached hydrogen (secondary N) is 2. The second-order valence-corrected chi connectivity index (χ2v) is 9.01. The molecule has 0 saturated heterocycles. The Balaban J connectivity index is 1.44. The number of anilines is 1. The van der Waals surface area contributed by atoms with Crippen LogP contribution in [0.25, 0.3) is 11.1 Å². The molecule has 0 saturated carbocycles. The molecule has 1 atom stereocenters. The summed E-state index contributed by atoms with van der Waals surface area (Å²) in [5.74, 6) is -1.85. The zero-order chi connectivity index (χ0) is 25.1. The van der Waals surface area contributed by atoms with Crippen LogP contribution in [0.1, 0.15) is 47.8 Å². The van der Waals surface area contributed by atoms with Crippen molar-refractivity contribution in [1.29, 1.82) is 0 Å². The molecule has 2 amide bonds. The minimum atomic E-state index is -1.13. The first-order valence-corrected chi connectivity index (χ1v) is 11.4. The summed E-state index contributed by atoms with van der Waals surface area (Å²) in [4.78, 5) is 36.9. The van der Waals surface area contributed by atoms with Gasteiger partial charge in [-0.1, -0.05) is 62.4 Å². The maximum absolute atomic E-state index is 12.8. The van der Waals surface area contributed by atoms with Gasteiger partial charge in [0.15, 0.2) is 5.69 Å². The number of rotatable bonds is 8. The fourth-order valence-electron chi connectivity index (χ4n) is 4.41. The van der Waals surface area contributed by atoms with Crippen LogP contribution in [0.15, 0.2) is 54.7 Å². The Morgan fingerprint density at radius 1 is 1.06 bits per heavy atom. The summed E-state index contributed by atoms with van der Waals surface area (Å²) >= 11 is 0. The number of hydrogen-bond donors (Lipinski definition) is 3. The Kier molecular flexibility index (Phi) is 6.86. The minimum absolute atomic E-state index is 0.0681. The Hall–Kier alpha value is -4.14. The van der Waals surface area contributed by atoms with Gasteiger partial charge >= 0.3 is 12.1 Å². The van der Waals surface area contributed by atoms with Crippen LogP contribution in [0.2, 0.25) is 0 Å². The van der Waals surface area contributed by atoms with Crippen LogP contribution in [-0.4, -0.2) is 45.5 Å². The molecule has 9 nitrogen and oxygen atoms in total. The second kappa shape index (κ2) is 10.0. The monoisotopic (exact) mass is 476 g/mol. The highest BCUT2D eigenvalue weighted by atomic mass is 16.5. The number of ether oxygens (including phenoxy) is 1. The topological polar surface area (TPSA) is 123 Å². The molecule has 182 valence electrons. The summed E-state index contributed by atoms with van der Waals surface area (Å²) in [6.45, 7) is 3.86. The standard InChI is InChI=1S/C26H28N4O5/c1-15(2)12-21(25(32)33)27-24(31)23-22(13-30(3)29-23)28-26(34)35-14-20-18-10-6-4-8-16(18)17-9-5-7-11-19(17)20/h4-11,13,15,20-21H,12,14H2,1-3H3,(H,27,31)(H,28,34)(H,32,33). The number of hydrogen-bond acceptors (Lipinski definition) is 5. The van der Waals surface area contributed by atoms with Crippen molar-refractivity contribution in [2.45, 2.75) is 32.2 Å². The van der Waals surface area contributed by atoms with Gasteiger partial charge in [-0.25, -0.2) is 9.59 Å². The molecule has 0 bridgehead atoms. The summed E-state index contributed by atoms with van der Waals surface area (Å²) in [5.41, 5.74) is 4.47. The predicted octanol–water partition coefficient (Wildman–Crippen LogP) is 4.01. The number of carbonyl (C=O) groups is 3. The molecule has 1 unspecified atom stereocenters. The molecule has 1 aliphatic carbocycles. The molecule has 3 aromatic rings. The van der Waals surface area contributed by atoms with E-state index in [1.807, 2.05) is 50.2 Å². The van der Waals surface area contributed by atoms with Crippen molar-refractivity contribution in [2.75, 3.05) is 11.9 Å². The third kappa shape index (κ3) is 5.18. The number of aryl methyl sites for hydroxylation is 1. The van der Waals surface area contributed by atoms with Crippen LogP contribution in [-0.2, 0) is 16.6 Å². The van der Waals surface area contributed by atoms with Crippen molar-refractivity contribution in [3.63, 3.8) is 0 Å². The number of nitrogens with zero attached hydrogens (tertiary/aromatic N) is 2. The molecule has 35 heavy (non-hydrogen) atoms. The average molecular weight is 477 g/mol. The largest absolute Gasteiger partial charge is 0.480 e. The summed E-state index contributed by atoms with van der Waals surface area (Å²) in [5, 5.41) is 18.6. The predicted molar refractivity (Wildman–Crippen MR) is 130 cm³/mol. The van der Waals surface area contributed by atoms with Gasteiger partial charge in [0.25, 0.3) is 5.91 Å². The van der Waals surface area contributed by atoms with Gasteiger partial charge in [0, 0.05) is 19.2 Å². The summed E-state index contributed by atoms with van der Waals surface area (Å²) in [6, 6.07) is 15.0. The highest BCUT2D eigenvalue weighted by molar-refractivity contribution is 6.02. The Bertz CT molecular complexity index is 1220. The number of fused-ring (bicyclic) bond motifs is 3. The maximum Gasteiger partial charge on any atom is 0.411 e. The summed E-state index contributed by atoms with van der Waals surface area (Å²) in [6.07, 6.45) is 1.00. The average Bonchev–Trinajstić information content (AvgIpc) is 3.34. The quantitative estimate of drug-likeness (QED) is 0.452. The summed E-state index contributed by atoms with van der Waals surface area (Å²) < 4.78 is 6.91. The van der Waals surface area contributed by atoms with E-state index in [1.165, 1.54) is 10.9 Å². The van der Waals surface area contributed by atoms with E-state index in [0.29, 0.717) is 0 Å². The summed E-state index contributed by atoms with van der Waals surface area (Å²) in [7, 11) is 1.60. The number of amides is 2. The van der Waals surface area contributed by atoms with Gasteiger partial charge < -0.3 is 15.2 Å². The lowest BCUT2D eigenvalue weighted by Crippen LogP contribution is -2.42.